The van der Waals surface area contributed by atoms with E-state index in [1.165, 1.54) is 0 Å². The van der Waals surface area contributed by atoms with Crippen LogP contribution in [0.3, 0.4) is 0 Å². The first kappa shape index (κ1) is 9.69. The summed E-state index contributed by atoms with van der Waals surface area (Å²) in [4.78, 5) is 11.3. The molecule has 0 radical (unpaired) electrons. The highest BCUT2D eigenvalue weighted by Gasteiger charge is 2.15. The zero-order chi connectivity index (χ0) is 11.3. The average molecular weight is 255 g/mol. The third-order valence-electron chi connectivity index (χ3n) is 2.27. The van der Waals surface area contributed by atoms with Crippen LogP contribution in [0.25, 0.3) is 22.4 Å². The van der Waals surface area contributed by atoms with Gasteiger partial charge in [0.15, 0.2) is 5.58 Å². The highest BCUT2D eigenvalue weighted by molar-refractivity contribution is 6.38. The Balaban J connectivity index is 2.54. The second kappa shape index (κ2) is 3.23. The average Bonchev–Trinajstić information content (AvgIpc) is 2.58. The summed E-state index contributed by atoms with van der Waals surface area (Å²) in [5.41, 5.74) is 0.549. The van der Waals surface area contributed by atoms with Gasteiger partial charge in [0.1, 0.15) is 5.56 Å². The van der Waals surface area contributed by atoms with E-state index in [-0.39, 0.29) is 11.4 Å². The molecule has 0 saturated heterocycles. The molecule has 1 aromatic rings. The molecule has 0 bridgehead atoms. The topological polar surface area (TPSA) is 58.9 Å². The lowest BCUT2D eigenvalue weighted by Crippen LogP contribution is -1.99. The second-order valence-electron chi connectivity index (χ2n) is 3.32. The van der Waals surface area contributed by atoms with Crippen molar-refractivity contribution in [2.45, 2.75) is 0 Å². The summed E-state index contributed by atoms with van der Waals surface area (Å²) in [6.07, 6.45) is 0. The molecule has 0 fully saturated rings. The number of rotatable bonds is 0. The van der Waals surface area contributed by atoms with Crippen LogP contribution >= 0.6 is 23.2 Å². The van der Waals surface area contributed by atoms with Gasteiger partial charge in [-0.3, -0.25) is 4.79 Å². The Morgan fingerprint density at radius 1 is 1.25 bits per heavy atom. The monoisotopic (exact) mass is 254 g/mol. The molecule has 16 heavy (non-hydrogen) atoms. The van der Waals surface area contributed by atoms with Gasteiger partial charge in [-0.15, -0.1) is 5.10 Å². The lowest BCUT2D eigenvalue weighted by Gasteiger charge is -2.02. The summed E-state index contributed by atoms with van der Waals surface area (Å²) in [5.74, 6) is 0.238. The van der Waals surface area contributed by atoms with Gasteiger partial charge in [0.25, 0.3) is 5.56 Å². The molecule has 2 aliphatic rings. The smallest absolute Gasteiger partial charge is 0.277 e. The van der Waals surface area contributed by atoms with Crippen LogP contribution in [0.5, 0.6) is 0 Å². The SMILES string of the molecule is O=c1[nH]nc2oc3c(Cl)cc(Cl)cc3cc1-2. The van der Waals surface area contributed by atoms with E-state index in [0.717, 1.165) is 0 Å². The molecule has 0 amide bonds. The van der Waals surface area contributed by atoms with Crippen molar-refractivity contribution in [3.8, 4) is 11.5 Å². The molecule has 1 aromatic carbocycles. The summed E-state index contributed by atoms with van der Waals surface area (Å²) < 4.78 is 5.42. The molecule has 6 heteroatoms. The minimum Gasteiger partial charge on any atom is -0.435 e. The summed E-state index contributed by atoms with van der Waals surface area (Å²) in [6.45, 7) is 0. The number of nitrogens with one attached hydrogen (secondary N) is 1. The Bertz CT molecular complexity index is 717. The minimum atomic E-state index is -0.295. The second-order valence-corrected chi connectivity index (χ2v) is 4.17. The molecule has 3 rings (SSSR count). The van der Waals surface area contributed by atoms with E-state index in [9.17, 15) is 4.79 Å². The van der Waals surface area contributed by atoms with Crippen molar-refractivity contribution in [3.05, 3.63) is 38.6 Å². The van der Waals surface area contributed by atoms with Crippen molar-refractivity contribution >= 4 is 34.2 Å². The van der Waals surface area contributed by atoms with Gasteiger partial charge in [0.05, 0.1) is 5.02 Å². The van der Waals surface area contributed by atoms with Gasteiger partial charge in [0, 0.05) is 10.4 Å². The largest absolute Gasteiger partial charge is 0.435 e. The number of hydrogen-bond donors (Lipinski definition) is 1. The zero-order valence-electron chi connectivity index (χ0n) is 7.75. The molecule has 0 aromatic heterocycles. The first-order chi connectivity index (χ1) is 7.65. The van der Waals surface area contributed by atoms with Crippen LogP contribution in [-0.2, 0) is 0 Å². The van der Waals surface area contributed by atoms with E-state index in [4.69, 9.17) is 27.6 Å². The fraction of sp³-hybridized carbons (Fsp3) is 0. The fourth-order valence-corrected chi connectivity index (χ4v) is 2.12. The summed E-state index contributed by atoms with van der Waals surface area (Å²) >= 11 is 11.8. The minimum absolute atomic E-state index is 0.238. The Morgan fingerprint density at radius 2 is 2.06 bits per heavy atom. The fourth-order valence-electron chi connectivity index (χ4n) is 1.57. The van der Waals surface area contributed by atoms with Gasteiger partial charge in [-0.2, -0.15) is 0 Å². The van der Waals surface area contributed by atoms with E-state index in [1.807, 2.05) is 0 Å². The van der Waals surface area contributed by atoms with Crippen molar-refractivity contribution in [3.63, 3.8) is 0 Å². The molecule has 0 aliphatic carbocycles. The van der Waals surface area contributed by atoms with Gasteiger partial charge in [-0.1, -0.05) is 23.2 Å². The van der Waals surface area contributed by atoms with Gasteiger partial charge >= 0.3 is 0 Å². The summed E-state index contributed by atoms with van der Waals surface area (Å²) in [6, 6.07) is 4.90. The highest BCUT2D eigenvalue weighted by atomic mass is 35.5. The predicted octanol–water partition coefficient (Wildman–Crippen LogP) is 2.93. The number of nitrogens with zero attached hydrogens (tertiary/aromatic N) is 1. The third kappa shape index (κ3) is 1.31. The summed E-state index contributed by atoms with van der Waals surface area (Å²) in [5, 5.41) is 7.59. The Kier molecular flexibility index (Phi) is 1.96. The van der Waals surface area contributed by atoms with Gasteiger partial charge in [-0.05, 0) is 18.2 Å². The van der Waals surface area contributed by atoms with Crippen LogP contribution in [0.1, 0.15) is 0 Å². The van der Waals surface area contributed by atoms with Crippen LogP contribution in [0, 0.1) is 0 Å². The molecule has 2 heterocycles. The number of fused-ring (bicyclic) bond motifs is 2. The van der Waals surface area contributed by atoms with Crippen molar-refractivity contribution in [2.24, 2.45) is 0 Å². The molecule has 1 N–H and O–H groups in total. The first-order valence-electron chi connectivity index (χ1n) is 4.42. The molecular formula is C10H4Cl2N2O2. The van der Waals surface area contributed by atoms with Crippen LogP contribution < -0.4 is 5.56 Å². The van der Waals surface area contributed by atoms with Crippen molar-refractivity contribution in [2.75, 3.05) is 0 Å². The van der Waals surface area contributed by atoms with Crippen molar-refractivity contribution in [1.82, 2.24) is 10.2 Å². The molecule has 0 saturated carbocycles. The summed E-state index contributed by atoms with van der Waals surface area (Å²) in [7, 11) is 0. The number of aromatic nitrogens is 2. The molecule has 0 atom stereocenters. The van der Waals surface area contributed by atoms with Crippen LogP contribution in [0.15, 0.2) is 27.4 Å². The van der Waals surface area contributed by atoms with Crippen molar-refractivity contribution < 1.29 is 4.42 Å². The van der Waals surface area contributed by atoms with Gasteiger partial charge in [0.2, 0.25) is 5.89 Å². The van der Waals surface area contributed by atoms with E-state index in [1.54, 1.807) is 18.2 Å². The van der Waals surface area contributed by atoms with Crippen LogP contribution in [0.2, 0.25) is 10.0 Å². The van der Waals surface area contributed by atoms with Gasteiger partial charge in [-0.25, -0.2) is 5.10 Å². The molecule has 80 valence electrons. The maximum Gasteiger partial charge on any atom is 0.277 e. The lowest BCUT2D eigenvalue weighted by molar-refractivity contribution is 0.598. The molecule has 2 aliphatic heterocycles. The van der Waals surface area contributed by atoms with E-state index in [0.29, 0.717) is 26.6 Å². The number of hydrogen-bond acceptors (Lipinski definition) is 3. The van der Waals surface area contributed by atoms with Crippen LogP contribution in [0.4, 0.5) is 0 Å². The standard InChI is InChI=1S/C10H4Cl2N2O2/c11-5-1-4-2-6-9(15)13-14-10(6)16-8(4)7(12)3-5/h1-3H,(H,13,15). The number of halogens is 2. The number of H-pyrrole nitrogens is 1. The van der Waals surface area contributed by atoms with Crippen molar-refractivity contribution in [1.29, 1.82) is 0 Å². The molecule has 0 unspecified atom stereocenters. The maximum atomic E-state index is 11.3. The highest BCUT2D eigenvalue weighted by Crippen LogP contribution is 2.31. The molecule has 4 nitrogen and oxygen atoms in total. The number of benzene rings is 1. The Morgan fingerprint density at radius 3 is 2.88 bits per heavy atom. The Hall–Kier alpha value is -1.52. The normalized spacial score (nSPS) is 11.4. The van der Waals surface area contributed by atoms with E-state index in [2.05, 4.69) is 10.2 Å². The lowest BCUT2D eigenvalue weighted by atomic mass is 10.2. The quantitative estimate of drug-likeness (QED) is 0.671. The first-order valence-corrected chi connectivity index (χ1v) is 5.18. The predicted molar refractivity (Wildman–Crippen MR) is 61.3 cm³/mol. The maximum absolute atomic E-state index is 11.3. The van der Waals surface area contributed by atoms with Gasteiger partial charge < -0.3 is 4.42 Å². The third-order valence-corrected chi connectivity index (χ3v) is 2.77. The molecule has 0 spiro atoms. The van der Waals surface area contributed by atoms with E-state index < -0.39 is 0 Å². The van der Waals surface area contributed by atoms with E-state index >= 15 is 0 Å². The molecular weight excluding hydrogens is 251 g/mol. The number of aromatic amines is 1. The van der Waals surface area contributed by atoms with Crippen LogP contribution in [-0.4, -0.2) is 10.2 Å². The Labute approximate surface area is 99.1 Å². The zero-order valence-corrected chi connectivity index (χ0v) is 9.26.